The molecular formula is C17H17F2NO2S. The van der Waals surface area contributed by atoms with Crippen molar-refractivity contribution in [1.82, 2.24) is 4.31 Å². The molecule has 1 saturated carbocycles. The number of hydrogen-bond donors (Lipinski definition) is 0. The maximum atomic E-state index is 13.8. The van der Waals surface area contributed by atoms with Crippen LogP contribution in [0.4, 0.5) is 8.78 Å². The number of halogens is 2. The summed E-state index contributed by atoms with van der Waals surface area (Å²) >= 11 is 0. The molecule has 0 amide bonds. The van der Waals surface area contributed by atoms with Crippen LogP contribution in [-0.2, 0) is 22.3 Å². The molecule has 0 radical (unpaired) electrons. The van der Waals surface area contributed by atoms with E-state index in [1.807, 2.05) is 0 Å². The van der Waals surface area contributed by atoms with Crippen molar-refractivity contribution >= 4 is 10.0 Å². The van der Waals surface area contributed by atoms with E-state index >= 15 is 0 Å². The van der Waals surface area contributed by atoms with Gasteiger partial charge in [0.25, 0.3) is 0 Å². The fourth-order valence-corrected chi connectivity index (χ4v) is 4.27. The maximum Gasteiger partial charge on any atom is 0.218 e. The Morgan fingerprint density at radius 2 is 1.65 bits per heavy atom. The van der Waals surface area contributed by atoms with E-state index in [4.69, 9.17) is 0 Å². The zero-order chi connectivity index (χ0) is 16.4. The van der Waals surface area contributed by atoms with Crippen LogP contribution in [0.3, 0.4) is 0 Å². The predicted molar refractivity (Wildman–Crippen MR) is 84.0 cm³/mol. The van der Waals surface area contributed by atoms with Crippen LogP contribution < -0.4 is 0 Å². The van der Waals surface area contributed by atoms with E-state index in [9.17, 15) is 17.2 Å². The van der Waals surface area contributed by atoms with Gasteiger partial charge in [0, 0.05) is 18.2 Å². The van der Waals surface area contributed by atoms with Gasteiger partial charge in [-0.2, -0.15) is 4.31 Å². The van der Waals surface area contributed by atoms with Crippen LogP contribution in [0.5, 0.6) is 0 Å². The zero-order valence-corrected chi connectivity index (χ0v) is 13.3. The molecule has 0 aromatic heterocycles. The molecule has 0 unspecified atom stereocenters. The molecule has 0 saturated heterocycles. The number of benzene rings is 2. The van der Waals surface area contributed by atoms with E-state index in [1.54, 1.807) is 18.2 Å². The lowest BCUT2D eigenvalue weighted by molar-refractivity contribution is 0.391. The van der Waals surface area contributed by atoms with E-state index in [1.165, 1.54) is 34.6 Å². The maximum absolute atomic E-state index is 13.8. The van der Waals surface area contributed by atoms with Gasteiger partial charge in [-0.1, -0.05) is 30.3 Å². The van der Waals surface area contributed by atoms with Gasteiger partial charge in [-0.15, -0.1) is 0 Å². The summed E-state index contributed by atoms with van der Waals surface area (Å²) in [5.74, 6) is -1.02. The summed E-state index contributed by atoms with van der Waals surface area (Å²) < 4.78 is 53.5. The lowest BCUT2D eigenvalue weighted by Gasteiger charge is -2.22. The standard InChI is InChI=1S/C17H17F2NO2S/c18-15-7-5-13(6-8-15)12-23(21,22)20(16-9-10-16)11-14-3-1-2-4-17(14)19/h1-8,16H,9-12H2. The third kappa shape index (κ3) is 3.95. The third-order valence-corrected chi connectivity index (χ3v) is 5.70. The molecule has 1 aliphatic carbocycles. The van der Waals surface area contributed by atoms with Crippen LogP contribution >= 0.6 is 0 Å². The first-order chi connectivity index (χ1) is 11.0. The Morgan fingerprint density at radius 1 is 1.00 bits per heavy atom. The second-order valence-corrected chi connectivity index (χ2v) is 7.67. The molecule has 2 aromatic carbocycles. The molecule has 0 spiro atoms. The van der Waals surface area contributed by atoms with Crippen molar-refractivity contribution in [2.75, 3.05) is 0 Å². The quantitative estimate of drug-likeness (QED) is 0.809. The van der Waals surface area contributed by atoms with E-state index < -0.39 is 21.7 Å². The summed E-state index contributed by atoms with van der Waals surface area (Å²) in [5.41, 5.74) is 0.882. The molecule has 3 nitrogen and oxygen atoms in total. The van der Waals surface area contributed by atoms with Crippen molar-refractivity contribution in [2.24, 2.45) is 0 Å². The Labute approximate surface area is 134 Å². The second kappa shape index (κ2) is 6.37. The SMILES string of the molecule is O=S(=O)(Cc1ccc(F)cc1)N(Cc1ccccc1F)C1CC1. The molecule has 1 fully saturated rings. The first-order valence-electron chi connectivity index (χ1n) is 7.43. The number of nitrogens with zero attached hydrogens (tertiary/aromatic N) is 1. The van der Waals surface area contributed by atoms with Gasteiger partial charge in [-0.05, 0) is 36.6 Å². The predicted octanol–water partition coefficient (Wildman–Crippen LogP) is 3.46. The lowest BCUT2D eigenvalue weighted by Crippen LogP contribution is -2.34. The van der Waals surface area contributed by atoms with Crippen LogP contribution in [0, 0.1) is 11.6 Å². The van der Waals surface area contributed by atoms with Gasteiger partial charge in [0.05, 0.1) is 5.75 Å². The Hall–Kier alpha value is -1.79. The molecule has 0 bridgehead atoms. The van der Waals surface area contributed by atoms with E-state index in [0.717, 1.165) is 12.8 Å². The fraction of sp³-hybridized carbons (Fsp3) is 0.294. The molecule has 0 heterocycles. The molecule has 1 aliphatic rings. The topological polar surface area (TPSA) is 37.4 Å². The van der Waals surface area contributed by atoms with E-state index in [2.05, 4.69) is 0 Å². The largest absolute Gasteiger partial charge is 0.218 e. The van der Waals surface area contributed by atoms with Gasteiger partial charge in [0.1, 0.15) is 11.6 Å². The fourth-order valence-electron chi connectivity index (χ4n) is 2.49. The summed E-state index contributed by atoms with van der Waals surface area (Å²) in [5, 5.41) is 0. The molecule has 6 heteroatoms. The summed E-state index contributed by atoms with van der Waals surface area (Å²) in [6.45, 7) is 0.0286. The molecule has 0 atom stereocenters. The summed E-state index contributed by atoms with van der Waals surface area (Å²) in [6.07, 6.45) is 1.58. The lowest BCUT2D eigenvalue weighted by atomic mass is 10.2. The second-order valence-electron chi connectivity index (χ2n) is 5.75. The van der Waals surface area contributed by atoms with Crippen molar-refractivity contribution in [2.45, 2.75) is 31.2 Å². The molecule has 3 rings (SSSR count). The smallest absolute Gasteiger partial charge is 0.212 e. The average Bonchev–Trinajstić information content (AvgIpc) is 3.33. The van der Waals surface area contributed by atoms with Gasteiger partial charge < -0.3 is 0 Å². The minimum atomic E-state index is -3.60. The first-order valence-corrected chi connectivity index (χ1v) is 9.04. The van der Waals surface area contributed by atoms with Crippen LogP contribution in [-0.4, -0.2) is 18.8 Å². The van der Waals surface area contributed by atoms with Crippen molar-refractivity contribution in [3.05, 3.63) is 71.3 Å². The molecule has 2 aromatic rings. The van der Waals surface area contributed by atoms with Gasteiger partial charge in [0.15, 0.2) is 0 Å². The molecular weight excluding hydrogens is 320 g/mol. The molecule has 122 valence electrons. The number of rotatable bonds is 6. The van der Waals surface area contributed by atoms with Crippen molar-refractivity contribution < 1.29 is 17.2 Å². The Kier molecular flexibility index (Phi) is 4.46. The summed E-state index contributed by atoms with van der Waals surface area (Å²) in [6, 6.07) is 11.5. The van der Waals surface area contributed by atoms with Crippen molar-refractivity contribution in [1.29, 1.82) is 0 Å². The normalized spacial score (nSPS) is 15.1. The molecule has 0 N–H and O–H groups in total. The highest BCUT2D eigenvalue weighted by Crippen LogP contribution is 2.32. The molecule has 0 aliphatic heterocycles. The first kappa shape index (κ1) is 16.1. The van der Waals surface area contributed by atoms with Crippen LogP contribution in [0.25, 0.3) is 0 Å². The minimum absolute atomic E-state index is 0.0286. The molecule has 23 heavy (non-hydrogen) atoms. The van der Waals surface area contributed by atoms with Crippen LogP contribution in [0.15, 0.2) is 48.5 Å². The average molecular weight is 337 g/mol. The van der Waals surface area contributed by atoms with Gasteiger partial charge in [-0.25, -0.2) is 17.2 Å². The van der Waals surface area contributed by atoms with Gasteiger partial charge in [-0.3, -0.25) is 0 Å². The highest BCUT2D eigenvalue weighted by Gasteiger charge is 2.37. The number of hydrogen-bond acceptors (Lipinski definition) is 2. The van der Waals surface area contributed by atoms with Crippen molar-refractivity contribution in [3.63, 3.8) is 0 Å². The van der Waals surface area contributed by atoms with E-state index in [-0.39, 0.29) is 18.3 Å². The third-order valence-electron chi connectivity index (χ3n) is 3.86. The van der Waals surface area contributed by atoms with Crippen LogP contribution in [0.1, 0.15) is 24.0 Å². The summed E-state index contributed by atoms with van der Waals surface area (Å²) in [4.78, 5) is 0. The Morgan fingerprint density at radius 3 is 2.26 bits per heavy atom. The van der Waals surface area contributed by atoms with Crippen LogP contribution in [0.2, 0.25) is 0 Å². The minimum Gasteiger partial charge on any atom is -0.212 e. The highest BCUT2D eigenvalue weighted by atomic mass is 32.2. The monoisotopic (exact) mass is 337 g/mol. The van der Waals surface area contributed by atoms with Crippen molar-refractivity contribution in [3.8, 4) is 0 Å². The summed E-state index contributed by atoms with van der Waals surface area (Å²) in [7, 11) is -3.60. The highest BCUT2D eigenvalue weighted by molar-refractivity contribution is 7.88. The Balaban J connectivity index is 1.82. The van der Waals surface area contributed by atoms with E-state index in [0.29, 0.717) is 11.1 Å². The Bertz CT molecular complexity index is 786. The van der Waals surface area contributed by atoms with Gasteiger partial charge >= 0.3 is 0 Å². The van der Waals surface area contributed by atoms with Gasteiger partial charge in [0.2, 0.25) is 10.0 Å². The number of sulfonamides is 1. The zero-order valence-electron chi connectivity index (χ0n) is 12.5.